The average Bonchev–Trinajstić information content (AvgIpc) is 3.00. The number of methoxy groups -OCH3 is 2. The molecule has 0 fully saturated rings. The second-order valence-electron chi connectivity index (χ2n) is 6.78. The lowest BCUT2D eigenvalue weighted by Gasteiger charge is -2.25. The summed E-state index contributed by atoms with van der Waals surface area (Å²) in [6, 6.07) is 7.08. The fourth-order valence-electron chi connectivity index (χ4n) is 2.25. The Hall–Kier alpha value is -2.70. The third-order valence-corrected chi connectivity index (χ3v) is 3.46. The molecular weight excluding hydrogens is 322 g/mol. The number of nitrogens with zero attached hydrogens (tertiary/aromatic N) is 2. The molecule has 0 radical (unpaired) electrons. The number of benzene rings is 1. The highest BCUT2D eigenvalue weighted by Crippen LogP contribution is 2.33. The van der Waals surface area contributed by atoms with Crippen LogP contribution in [0.2, 0.25) is 0 Å². The van der Waals surface area contributed by atoms with Crippen molar-refractivity contribution in [1.29, 1.82) is 0 Å². The monoisotopic (exact) mass is 347 g/mol. The molecule has 0 atom stereocenters. The fraction of sp³-hybridized carbons (Fsp3) is 0.444. The highest BCUT2D eigenvalue weighted by atomic mass is 16.5. The number of carbonyl (C=O) groups excluding carboxylic acids is 1. The lowest BCUT2D eigenvalue weighted by atomic mass is 10.1. The third-order valence-electron chi connectivity index (χ3n) is 3.46. The first kappa shape index (κ1) is 18.6. The summed E-state index contributed by atoms with van der Waals surface area (Å²) in [5, 5.41) is 6.95. The van der Waals surface area contributed by atoms with Gasteiger partial charge in [0.1, 0.15) is 17.2 Å². The van der Waals surface area contributed by atoms with Crippen molar-refractivity contribution in [3.05, 3.63) is 30.0 Å². The van der Waals surface area contributed by atoms with Crippen LogP contribution in [-0.4, -0.2) is 42.9 Å². The summed E-state index contributed by atoms with van der Waals surface area (Å²) >= 11 is 0. The molecule has 0 aliphatic heterocycles. The topological polar surface area (TPSA) is 76.8 Å². The molecule has 136 valence electrons. The van der Waals surface area contributed by atoms with Crippen LogP contribution < -0.4 is 14.8 Å². The number of carbonyl (C=O) groups is 1. The Morgan fingerprint density at radius 2 is 1.96 bits per heavy atom. The first-order chi connectivity index (χ1) is 11.7. The van der Waals surface area contributed by atoms with Gasteiger partial charge in [-0.1, -0.05) is 5.16 Å². The van der Waals surface area contributed by atoms with Crippen LogP contribution in [0.4, 0.5) is 4.79 Å². The summed E-state index contributed by atoms with van der Waals surface area (Å²) in [6.45, 7) is 6.14. The van der Waals surface area contributed by atoms with Crippen molar-refractivity contribution in [2.45, 2.75) is 32.9 Å². The smallest absolute Gasteiger partial charge is 0.317 e. The van der Waals surface area contributed by atoms with E-state index in [4.69, 9.17) is 14.0 Å². The summed E-state index contributed by atoms with van der Waals surface area (Å²) < 4.78 is 16.0. The molecule has 2 rings (SSSR count). The van der Waals surface area contributed by atoms with Gasteiger partial charge in [0.05, 0.1) is 26.3 Å². The first-order valence-electron chi connectivity index (χ1n) is 7.95. The van der Waals surface area contributed by atoms with Crippen molar-refractivity contribution in [3.63, 3.8) is 0 Å². The van der Waals surface area contributed by atoms with E-state index in [0.29, 0.717) is 29.5 Å². The lowest BCUT2D eigenvalue weighted by Crippen LogP contribution is -2.46. The van der Waals surface area contributed by atoms with E-state index in [2.05, 4.69) is 10.5 Å². The normalized spacial score (nSPS) is 11.1. The van der Waals surface area contributed by atoms with Gasteiger partial charge in [-0.3, -0.25) is 0 Å². The second kappa shape index (κ2) is 7.46. The van der Waals surface area contributed by atoms with Gasteiger partial charge in [0.2, 0.25) is 0 Å². The summed E-state index contributed by atoms with van der Waals surface area (Å²) in [4.78, 5) is 13.7. The number of nitrogens with one attached hydrogen (secondary N) is 1. The standard InChI is InChI=1S/C18H25N3O4/c1-18(2,3)19-17(22)21(4)11-12-9-16(25-20-12)14-8-7-13(23-5)10-15(14)24-6/h7-10H,11H2,1-6H3,(H,19,22). The number of urea groups is 1. The van der Waals surface area contributed by atoms with Crippen LogP contribution in [0.15, 0.2) is 28.8 Å². The Morgan fingerprint density at radius 1 is 1.24 bits per heavy atom. The van der Waals surface area contributed by atoms with E-state index < -0.39 is 0 Å². The number of ether oxygens (including phenoxy) is 2. The number of hydrogen-bond acceptors (Lipinski definition) is 5. The molecule has 25 heavy (non-hydrogen) atoms. The summed E-state index contributed by atoms with van der Waals surface area (Å²) in [5.41, 5.74) is 1.12. The molecule has 0 saturated carbocycles. The molecule has 0 aliphatic carbocycles. The van der Waals surface area contributed by atoms with Crippen molar-refractivity contribution >= 4 is 6.03 Å². The minimum absolute atomic E-state index is 0.168. The average molecular weight is 347 g/mol. The largest absolute Gasteiger partial charge is 0.497 e. The van der Waals surface area contributed by atoms with Crippen molar-refractivity contribution in [2.24, 2.45) is 0 Å². The molecule has 1 heterocycles. The van der Waals surface area contributed by atoms with Gasteiger partial charge >= 0.3 is 6.03 Å². The number of hydrogen-bond donors (Lipinski definition) is 1. The molecule has 0 aliphatic rings. The van der Waals surface area contributed by atoms with Gasteiger partial charge in [-0.05, 0) is 32.9 Å². The van der Waals surface area contributed by atoms with Gasteiger partial charge in [-0.2, -0.15) is 0 Å². The van der Waals surface area contributed by atoms with Crippen LogP contribution in [0, 0.1) is 0 Å². The summed E-state index contributed by atoms with van der Waals surface area (Å²) in [6.07, 6.45) is 0. The van der Waals surface area contributed by atoms with E-state index in [1.807, 2.05) is 32.9 Å². The SMILES string of the molecule is COc1ccc(-c2cc(CN(C)C(=O)NC(C)(C)C)no2)c(OC)c1. The molecule has 1 N–H and O–H groups in total. The van der Waals surface area contributed by atoms with E-state index >= 15 is 0 Å². The molecule has 0 saturated heterocycles. The van der Waals surface area contributed by atoms with Gasteiger partial charge in [0, 0.05) is 24.7 Å². The Morgan fingerprint density at radius 3 is 2.56 bits per heavy atom. The van der Waals surface area contributed by atoms with Crippen molar-refractivity contribution in [1.82, 2.24) is 15.4 Å². The Balaban J connectivity index is 2.14. The molecule has 0 bridgehead atoms. The molecule has 2 amide bonds. The Bertz CT molecular complexity index is 734. The molecule has 7 heteroatoms. The van der Waals surface area contributed by atoms with E-state index in [9.17, 15) is 4.79 Å². The molecule has 1 aromatic heterocycles. The van der Waals surface area contributed by atoms with Crippen LogP contribution in [0.5, 0.6) is 11.5 Å². The predicted octanol–water partition coefficient (Wildman–Crippen LogP) is 3.30. The highest BCUT2D eigenvalue weighted by Gasteiger charge is 2.19. The lowest BCUT2D eigenvalue weighted by molar-refractivity contribution is 0.196. The molecular formula is C18H25N3O4. The van der Waals surface area contributed by atoms with Crippen LogP contribution in [0.3, 0.4) is 0 Å². The minimum atomic E-state index is -0.295. The Labute approximate surface area is 147 Å². The maximum atomic E-state index is 12.1. The van der Waals surface area contributed by atoms with Gasteiger partial charge in [0.25, 0.3) is 0 Å². The zero-order chi connectivity index (χ0) is 18.6. The molecule has 2 aromatic rings. The van der Waals surface area contributed by atoms with Crippen LogP contribution >= 0.6 is 0 Å². The molecule has 0 unspecified atom stereocenters. The van der Waals surface area contributed by atoms with Crippen LogP contribution in [0.25, 0.3) is 11.3 Å². The second-order valence-corrected chi connectivity index (χ2v) is 6.78. The van der Waals surface area contributed by atoms with Crippen LogP contribution in [0.1, 0.15) is 26.5 Å². The maximum Gasteiger partial charge on any atom is 0.317 e. The van der Waals surface area contributed by atoms with Crippen molar-refractivity contribution in [3.8, 4) is 22.8 Å². The van der Waals surface area contributed by atoms with Gasteiger partial charge in [-0.25, -0.2) is 4.79 Å². The quantitative estimate of drug-likeness (QED) is 0.898. The Kier molecular flexibility index (Phi) is 5.56. The van der Waals surface area contributed by atoms with Gasteiger partial charge in [-0.15, -0.1) is 0 Å². The molecule has 7 nitrogen and oxygen atoms in total. The zero-order valence-electron chi connectivity index (χ0n) is 15.5. The first-order valence-corrected chi connectivity index (χ1v) is 7.95. The van der Waals surface area contributed by atoms with E-state index in [1.54, 1.807) is 38.3 Å². The van der Waals surface area contributed by atoms with Crippen molar-refractivity contribution < 1.29 is 18.8 Å². The summed E-state index contributed by atoms with van der Waals surface area (Å²) in [7, 11) is 4.89. The number of rotatable bonds is 5. The van der Waals surface area contributed by atoms with Gasteiger partial charge in [0.15, 0.2) is 5.76 Å². The number of amides is 2. The molecule has 0 spiro atoms. The zero-order valence-corrected chi connectivity index (χ0v) is 15.5. The molecule has 1 aromatic carbocycles. The van der Waals surface area contributed by atoms with Crippen LogP contribution in [-0.2, 0) is 6.54 Å². The minimum Gasteiger partial charge on any atom is -0.497 e. The van der Waals surface area contributed by atoms with E-state index in [0.717, 1.165) is 5.56 Å². The maximum absolute atomic E-state index is 12.1. The van der Waals surface area contributed by atoms with E-state index in [-0.39, 0.29) is 11.6 Å². The number of aromatic nitrogens is 1. The fourth-order valence-corrected chi connectivity index (χ4v) is 2.25. The third kappa shape index (κ3) is 4.89. The van der Waals surface area contributed by atoms with E-state index in [1.165, 1.54) is 0 Å². The highest BCUT2D eigenvalue weighted by molar-refractivity contribution is 5.74. The summed E-state index contributed by atoms with van der Waals surface area (Å²) in [5.74, 6) is 1.89. The van der Waals surface area contributed by atoms with Gasteiger partial charge < -0.3 is 24.2 Å². The predicted molar refractivity (Wildman–Crippen MR) is 94.8 cm³/mol. The van der Waals surface area contributed by atoms with Crippen molar-refractivity contribution in [2.75, 3.05) is 21.3 Å².